The number of nitrogens with zero attached hydrogens (tertiary/aromatic N) is 1. The highest BCUT2D eigenvalue weighted by Crippen LogP contribution is 2.12. The Kier molecular flexibility index (Phi) is 2.00. The van der Waals surface area contributed by atoms with E-state index in [2.05, 4.69) is 23.4 Å². The molecule has 0 aliphatic heterocycles. The van der Waals surface area contributed by atoms with Crippen LogP contribution in [0.4, 0.5) is 0 Å². The van der Waals surface area contributed by atoms with E-state index in [9.17, 15) is 0 Å². The molecule has 0 atom stereocenters. The van der Waals surface area contributed by atoms with E-state index in [-0.39, 0.29) is 0 Å². The highest BCUT2D eigenvalue weighted by molar-refractivity contribution is 8.00. The number of thioether (sulfide) groups is 1. The van der Waals surface area contributed by atoms with Gasteiger partial charge >= 0.3 is 0 Å². The van der Waals surface area contributed by atoms with Crippen molar-refractivity contribution in [2.75, 3.05) is 6.26 Å². The van der Waals surface area contributed by atoms with Crippen molar-refractivity contribution >= 4 is 35.3 Å². The van der Waals surface area contributed by atoms with Gasteiger partial charge in [0.2, 0.25) is 0 Å². The Hall–Kier alpha value is -0.280. The molecule has 0 N–H and O–H groups in total. The second kappa shape index (κ2) is 2.99. The van der Waals surface area contributed by atoms with Crippen molar-refractivity contribution in [2.45, 2.75) is 17.2 Å². The molecule has 1 aliphatic rings. The molecule has 1 heterocycles. The summed E-state index contributed by atoms with van der Waals surface area (Å²) in [5.74, 6) is 0. The van der Waals surface area contributed by atoms with Crippen molar-refractivity contribution in [1.29, 1.82) is 0 Å². The Balaban J connectivity index is 2.66. The lowest BCUT2D eigenvalue weighted by molar-refractivity contribution is 1.08. The number of rotatable bonds is 1. The molecule has 0 bridgehead atoms. The molecule has 0 unspecified atom stereocenters. The van der Waals surface area contributed by atoms with Crippen molar-refractivity contribution in [3.63, 3.8) is 0 Å². The first kappa shape index (κ1) is 7.37. The molecule has 1 nitrogen and oxygen atoms in total. The molecule has 0 spiro atoms. The second-order valence-electron chi connectivity index (χ2n) is 2.42. The average Bonchev–Trinajstić information content (AvgIpc) is 2.46. The molecule has 0 fully saturated rings. The normalized spacial score (nSPS) is 15.0. The lowest BCUT2D eigenvalue weighted by Gasteiger charge is -1.89. The van der Waals surface area contributed by atoms with Gasteiger partial charge in [0, 0.05) is 0 Å². The maximum Gasteiger partial charge on any atom is 0.150 e. The maximum atomic E-state index is 4.46. The fourth-order valence-corrected chi connectivity index (χ4v) is 2.70. The fraction of sp³-hybridized carbons (Fsp3) is 0.375. The van der Waals surface area contributed by atoms with Crippen LogP contribution in [-0.4, -0.2) is 11.2 Å². The zero-order valence-corrected chi connectivity index (χ0v) is 7.97. The molecule has 1 aliphatic carbocycles. The van der Waals surface area contributed by atoms with Crippen molar-refractivity contribution in [2.24, 2.45) is 0 Å². The third kappa shape index (κ3) is 1.35. The first-order chi connectivity index (χ1) is 5.40. The van der Waals surface area contributed by atoms with Crippen LogP contribution in [-0.2, 0) is 0 Å². The number of aromatic nitrogens is 1. The standard InChI is InChI=1S/C8H9NS2/c1-10-8-9-6-4-2-3-5-7(6)11-8/h4-5H,2-3H2,1H3. The predicted molar refractivity (Wildman–Crippen MR) is 51.3 cm³/mol. The Morgan fingerprint density at radius 1 is 1.45 bits per heavy atom. The Labute approximate surface area is 73.9 Å². The zero-order valence-electron chi connectivity index (χ0n) is 6.33. The molecule has 0 radical (unpaired) electrons. The number of thiazole rings is 1. The van der Waals surface area contributed by atoms with Gasteiger partial charge in [-0.1, -0.05) is 23.9 Å². The van der Waals surface area contributed by atoms with Crippen LogP contribution >= 0.6 is 23.1 Å². The quantitative estimate of drug-likeness (QED) is 0.607. The fourth-order valence-electron chi connectivity index (χ4n) is 1.14. The van der Waals surface area contributed by atoms with Gasteiger partial charge in [-0.2, -0.15) is 0 Å². The van der Waals surface area contributed by atoms with E-state index < -0.39 is 0 Å². The molecule has 11 heavy (non-hydrogen) atoms. The third-order valence-electron chi connectivity index (χ3n) is 1.67. The largest absolute Gasteiger partial charge is 0.230 e. The van der Waals surface area contributed by atoms with Crippen LogP contribution in [0.1, 0.15) is 12.8 Å². The molecule has 2 rings (SSSR count). The summed E-state index contributed by atoms with van der Waals surface area (Å²) in [6, 6.07) is 0. The van der Waals surface area contributed by atoms with Gasteiger partial charge in [-0.3, -0.25) is 0 Å². The summed E-state index contributed by atoms with van der Waals surface area (Å²) in [4.78, 5) is 4.46. The first-order valence-electron chi connectivity index (χ1n) is 3.61. The maximum absolute atomic E-state index is 4.46. The minimum absolute atomic E-state index is 1.16. The molecule has 0 aromatic carbocycles. The second-order valence-corrected chi connectivity index (χ2v) is 4.50. The summed E-state index contributed by atoms with van der Waals surface area (Å²) in [5, 5.41) is 1.20. The molecule has 0 saturated heterocycles. The van der Waals surface area contributed by atoms with Crippen LogP contribution in [0.25, 0.3) is 12.2 Å². The van der Waals surface area contributed by atoms with E-state index in [1.807, 2.05) is 0 Å². The molecular formula is C8H9NS2. The predicted octanol–water partition coefficient (Wildman–Crippen LogP) is 1.22. The molecule has 1 aromatic heterocycles. The minimum atomic E-state index is 1.16. The highest BCUT2D eigenvalue weighted by atomic mass is 32.2. The van der Waals surface area contributed by atoms with Crippen LogP contribution in [0, 0.1) is 0 Å². The average molecular weight is 183 g/mol. The number of fused-ring (bicyclic) bond motifs is 1. The summed E-state index contributed by atoms with van der Waals surface area (Å²) in [5.41, 5.74) is 0. The van der Waals surface area contributed by atoms with Gasteiger partial charge < -0.3 is 0 Å². The van der Waals surface area contributed by atoms with Crippen molar-refractivity contribution in [1.82, 2.24) is 4.98 Å². The van der Waals surface area contributed by atoms with E-state index in [0.29, 0.717) is 0 Å². The van der Waals surface area contributed by atoms with Crippen LogP contribution in [0.3, 0.4) is 0 Å². The van der Waals surface area contributed by atoms with E-state index in [1.165, 1.54) is 20.6 Å². The third-order valence-corrected chi connectivity index (χ3v) is 3.72. The van der Waals surface area contributed by atoms with Gasteiger partial charge in [-0.05, 0) is 19.1 Å². The Morgan fingerprint density at radius 2 is 2.27 bits per heavy atom. The Morgan fingerprint density at radius 3 is 3.00 bits per heavy atom. The molecule has 58 valence electrons. The van der Waals surface area contributed by atoms with E-state index >= 15 is 0 Å². The van der Waals surface area contributed by atoms with Gasteiger partial charge in [-0.15, -0.1) is 11.3 Å². The van der Waals surface area contributed by atoms with Crippen LogP contribution < -0.4 is 9.88 Å². The van der Waals surface area contributed by atoms with Crippen LogP contribution in [0.15, 0.2) is 4.34 Å². The van der Waals surface area contributed by atoms with E-state index in [4.69, 9.17) is 0 Å². The van der Waals surface area contributed by atoms with E-state index in [1.54, 1.807) is 23.1 Å². The lowest BCUT2D eigenvalue weighted by Crippen LogP contribution is -2.22. The van der Waals surface area contributed by atoms with Gasteiger partial charge in [0.25, 0.3) is 0 Å². The highest BCUT2D eigenvalue weighted by Gasteiger charge is 1.99. The summed E-state index contributed by atoms with van der Waals surface area (Å²) in [6.07, 6.45) is 8.93. The summed E-state index contributed by atoms with van der Waals surface area (Å²) < 4.78 is 2.55. The molecule has 0 saturated carbocycles. The Bertz CT molecular complexity index is 330. The molecule has 3 heteroatoms. The van der Waals surface area contributed by atoms with Crippen molar-refractivity contribution < 1.29 is 0 Å². The van der Waals surface area contributed by atoms with Gasteiger partial charge in [-0.25, -0.2) is 4.98 Å². The minimum Gasteiger partial charge on any atom is -0.230 e. The monoisotopic (exact) mass is 183 g/mol. The summed E-state index contributed by atoms with van der Waals surface area (Å²) in [7, 11) is 0. The van der Waals surface area contributed by atoms with Crippen molar-refractivity contribution in [3.8, 4) is 0 Å². The lowest BCUT2D eigenvalue weighted by atomic mass is 10.2. The first-order valence-corrected chi connectivity index (χ1v) is 5.65. The SMILES string of the molecule is CSc1nc2c(s1)=CCCC=2. The van der Waals surface area contributed by atoms with Crippen molar-refractivity contribution in [3.05, 3.63) is 9.88 Å². The molecular weight excluding hydrogens is 174 g/mol. The smallest absolute Gasteiger partial charge is 0.150 e. The molecule has 1 aromatic rings. The topological polar surface area (TPSA) is 12.9 Å². The van der Waals surface area contributed by atoms with Crippen LogP contribution in [0.5, 0.6) is 0 Å². The number of hydrogen-bond donors (Lipinski definition) is 0. The van der Waals surface area contributed by atoms with Gasteiger partial charge in [0.1, 0.15) is 0 Å². The number of hydrogen-bond acceptors (Lipinski definition) is 3. The van der Waals surface area contributed by atoms with Gasteiger partial charge in [0.15, 0.2) is 4.34 Å². The van der Waals surface area contributed by atoms with Crippen LogP contribution in [0.2, 0.25) is 0 Å². The summed E-state index contributed by atoms with van der Waals surface area (Å²) in [6.45, 7) is 0. The molecule has 0 amide bonds. The van der Waals surface area contributed by atoms with Gasteiger partial charge in [0.05, 0.1) is 9.88 Å². The summed E-state index contributed by atoms with van der Waals surface area (Å²) >= 11 is 3.53. The zero-order chi connectivity index (χ0) is 7.68. The van der Waals surface area contributed by atoms with E-state index in [0.717, 1.165) is 6.42 Å².